The number of rotatable bonds is 3. The summed E-state index contributed by atoms with van der Waals surface area (Å²) in [4.78, 5) is 19.9. The van der Waals surface area contributed by atoms with E-state index < -0.39 is 0 Å². The molecular weight excluding hydrogens is 318 g/mol. The van der Waals surface area contributed by atoms with E-state index in [-0.39, 0.29) is 11.5 Å². The summed E-state index contributed by atoms with van der Waals surface area (Å²) in [7, 11) is 0. The molecule has 3 aromatic heterocycles. The Morgan fingerprint density at radius 2 is 1.88 bits per heavy atom. The van der Waals surface area contributed by atoms with Crippen molar-refractivity contribution in [1.82, 2.24) is 20.2 Å². The summed E-state index contributed by atoms with van der Waals surface area (Å²) in [6.07, 6.45) is 6.37. The zero-order chi connectivity index (χ0) is 17.4. The molecule has 7 heteroatoms. The van der Waals surface area contributed by atoms with Crippen LogP contribution in [0.25, 0.3) is 22.2 Å². The molecular formula is C18H13N5O2. The normalized spacial score (nSPS) is 10.9. The number of aromatic nitrogens is 4. The van der Waals surface area contributed by atoms with Gasteiger partial charge in [0.25, 0.3) is 0 Å². The minimum atomic E-state index is -0.187. The lowest BCUT2D eigenvalue weighted by Gasteiger charge is -2.07. The molecule has 4 aromatic rings. The van der Waals surface area contributed by atoms with Crippen molar-refractivity contribution in [2.45, 2.75) is 0 Å². The second-order valence-electron chi connectivity index (χ2n) is 5.52. The quantitative estimate of drug-likeness (QED) is 0.497. The fraction of sp³-hybridized carbons (Fsp3) is 0. The van der Waals surface area contributed by atoms with Crippen molar-refractivity contribution < 1.29 is 9.90 Å². The van der Waals surface area contributed by atoms with Gasteiger partial charge in [-0.3, -0.25) is 9.78 Å². The Kier molecular flexibility index (Phi) is 3.39. The molecule has 4 rings (SSSR count). The lowest BCUT2D eigenvalue weighted by atomic mass is 9.98. The molecule has 0 aliphatic heterocycles. The lowest BCUT2D eigenvalue weighted by molar-refractivity contribution is 0.104. The molecule has 25 heavy (non-hydrogen) atoms. The molecule has 7 nitrogen and oxygen atoms in total. The van der Waals surface area contributed by atoms with Crippen molar-refractivity contribution in [2.24, 2.45) is 0 Å². The van der Waals surface area contributed by atoms with Gasteiger partial charge in [-0.15, -0.1) is 5.10 Å². The molecule has 0 saturated heterocycles. The Balaban J connectivity index is 1.93. The van der Waals surface area contributed by atoms with E-state index in [0.717, 1.165) is 5.56 Å². The number of nitrogens with zero attached hydrogens (tertiary/aromatic N) is 3. The third-order valence-corrected chi connectivity index (χ3v) is 3.99. The number of ketones is 1. The van der Waals surface area contributed by atoms with Crippen LogP contribution < -0.4 is 5.73 Å². The summed E-state index contributed by atoms with van der Waals surface area (Å²) in [6.45, 7) is 0. The second-order valence-corrected chi connectivity index (χ2v) is 5.52. The van der Waals surface area contributed by atoms with Crippen LogP contribution in [0.2, 0.25) is 0 Å². The van der Waals surface area contributed by atoms with Gasteiger partial charge in [-0.05, 0) is 30.3 Å². The van der Waals surface area contributed by atoms with Crippen molar-refractivity contribution in [2.75, 3.05) is 5.73 Å². The summed E-state index contributed by atoms with van der Waals surface area (Å²) in [5, 5.41) is 18.1. The fourth-order valence-corrected chi connectivity index (χ4v) is 2.78. The first kappa shape index (κ1) is 14.8. The summed E-state index contributed by atoms with van der Waals surface area (Å²) >= 11 is 0. The number of carbonyl (C=O) groups excluding carboxylic acids is 1. The Morgan fingerprint density at radius 3 is 2.64 bits per heavy atom. The van der Waals surface area contributed by atoms with E-state index in [1.165, 1.54) is 12.1 Å². The number of phenolic OH excluding ortho intramolecular Hbond substituents is 1. The molecule has 0 aliphatic carbocycles. The molecule has 0 amide bonds. The van der Waals surface area contributed by atoms with Crippen molar-refractivity contribution in [3.05, 3.63) is 66.2 Å². The summed E-state index contributed by atoms with van der Waals surface area (Å²) < 4.78 is 0. The van der Waals surface area contributed by atoms with E-state index in [0.29, 0.717) is 33.4 Å². The zero-order valence-corrected chi connectivity index (χ0v) is 13.0. The predicted molar refractivity (Wildman–Crippen MR) is 93.1 cm³/mol. The number of nitrogens with two attached hydrogens (primary N) is 1. The van der Waals surface area contributed by atoms with Gasteiger partial charge in [0.1, 0.15) is 5.75 Å². The standard InChI is InChI=1S/C18H13N5O2/c19-15-9-20-6-5-12(15)13-8-22-23-18-16(13)14(7-21-18)17(25)10-1-3-11(24)4-2-10/h1-9,24H,19H2,(H,21,23). The molecule has 4 N–H and O–H groups in total. The van der Waals surface area contributed by atoms with Gasteiger partial charge in [-0.25, -0.2) is 0 Å². The van der Waals surface area contributed by atoms with Crippen LogP contribution in [0.1, 0.15) is 15.9 Å². The smallest absolute Gasteiger partial charge is 0.195 e. The van der Waals surface area contributed by atoms with Crippen molar-refractivity contribution in [3.63, 3.8) is 0 Å². The van der Waals surface area contributed by atoms with Crippen LogP contribution >= 0.6 is 0 Å². The van der Waals surface area contributed by atoms with Gasteiger partial charge in [0.05, 0.1) is 23.6 Å². The largest absolute Gasteiger partial charge is 0.508 e. The Hall–Kier alpha value is -3.74. The Morgan fingerprint density at radius 1 is 1.08 bits per heavy atom. The third-order valence-electron chi connectivity index (χ3n) is 3.99. The number of carbonyl (C=O) groups is 1. The van der Waals surface area contributed by atoms with E-state index in [1.54, 1.807) is 43.0 Å². The maximum absolute atomic E-state index is 12.9. The average Bonchev–Trinajstić information content (AvgIpc) is 3.06. The van der Waals surface area contributed by atoms with Gasteiger partial charge in [0, 0.05) is 34.5 Å². The predicted octanol–water partition coefficient (Wildman–Crippen LogP) is 2.54. The molecule has 0 radical (unpaired) electrons. The van der Waals surface area contributed by atoms with Gasteiger partial charge in [-0.2, -0.15) is 5.10 Å². The van der Waals surface area contributed by atoms with Crippen LogP contribution in [0.15, 0.2) is 55.1 Å². The topological polar surface area (TPSA) is 118 Å². The number of hydrogen-bond acceptors (Lipinski definition) is 6. The van der Waals surface area contributed by atoms with Crippen LogP contribution in [-0.4, -0.2) is 31.1 Å². The molecule has 3 heterocycles. The summed E-state index contributed by atoms with van der Waals surface area (Å²) in [5.41, 5.74) is 9.37. The summed E-state index contributed by atoms with van der Waals surface area (Å²) in [5.74, 6) is -0.0836. The summed E-state index contributed by atoms with van der Waals surface area (Å²) in [6, 6.07) is 7.87. The van der Waals surface area contributed by atoms with Gasteiger partial charge in [0.2, 0.25) is 0 Å². The number of hydrogen-bond donors (Lipinski definition) is 3. The number of nitrogens with one attached hydrogen (secondary N) is 1. The molecule has 0 bridgehead atoms. The van der Waals surface area contributed by atoms with Gasteiger partial charge in [0.15, 0.2) is 11.4 Å². The first-order chi connectivity index (χ1) is 12.1. The molecule has 0 saturated carbocycles. The highest BCUT2D eigenvalue weighted by atomic mass is 16.3. The zero-order valence-electron chi connectivity index (χ0n) is 13.0. The number of nitrogen functional groups attached to an aromatic ring is 1. The molecule has 0 fully saturated rings. The van der Waals surface area contributed by atoms with Gasteiger partial charge in [-0.1, -0.05) is 0 Å². The second kappa shape index (κ2) is 5.72. The number of fused-ring (bicyclic) bond motifs is 1. The highest BCUT2D eigenvalue weighted by Gasteiger charge is 2.19. The van der Waals surface area contributed by atoms with Crippen LogP contribution in [0.4, 0.5) is 5.69 Å². The monoisotopic (exact) mass is 331 g/mol. The van der Waals surface area contributed by atoms with Crippen molar-refractivity contribution in [3.8, 4) is 16.9 Å². The average molecular weight is 331 g/mol. The Labute approximate surface area is 142 Å². The van der Waals surface area contributed by atoms with E-state index in [9.17, 15) is 9.90 Å². The van der Waals surface area contributed by atoms with Crippen LogP contribution in [0.5, 0.6) is 5.75 Å². The molecule has 1 aromatic carbocycles. The minimum Gasteiger partial charge on any atom is -0.508 e. The third kappa shape index (κ3) is 2.47. The van der Waals surface area contributed by atoms with Gasteiger partial charge < -0.3 is 15.8 Å². The highest BCUT2D eigenvalue weighted by Crippen LogP contribution is 2.33. The lowest BCUT2D eigenvalue weighted by Crippen LogP contribution is -2.01. The number of anilines is 1. The fourth-order valence-electron chi connectivity index (χ4n) is 2.78. The first-order valence-corrected chi connectivity index (χ1v) is 7.51. The molecule has 0 aliphatic rings. The van der Waals surface area contributed by atoms with Crippen LogP contribution in [0.3, 0.4) is 0 Å². The molecule has 0 spiro atoms. The number of phenols is 1. The van der Waals surface area contributed by atoms with E-state index >= 15 is 0 Å². The van der Waals surface area contributed by atoms with Gasteiger partial charge >= 0.3 is 0 Å². The maximum Gasteiger partial charge on any atom is 0.195 e. The number of aromatic amines is 1. The number of aromatic hydroxyl groups is 1. The van der Waals surface area contributed by atoms with E-state index in [1.807, 2.05) is 0 Å². The highest BCUT2D eigenvalue weighted by molar-refractivity contribution is 6.18. The number of pyridine rings is 1. The molecule has 0 unspecified atom stereocenters. The Bertz CT molecular complexity index is 1090. The number of benzene rings is 1. The maximum atomic E-state index is 12.9. The van der Waals surface area contributed by atoms with Crippen LogP contribution in [-0.2, 0) is 0 Å². The van der Waals surface area contributed by atoms with Crippen LogP contribution in [0, 0.1) is 0 Å². The van der Waals surface area contributed by atoms with Crippen molar-refractivity contribution in [1.29, 1.82) is 0 Å². The minimum absolute atomic E-state index is 0.103. The van der Waals surface area contributed by atoms with E-state index in [2.05, 4.69) is 20.2 Å². The molecule has 0 atom stereocenters. The van der Waals surface area contributed by atoms with E-state index in [4.69, 9.17) is 5.73 Å². The molecule has 122 valence electrons. The number of H-pyrrole nitrogens is 1. The SMILES string of the molecule is Nc1cnccc1-c1cnnc2[nH]cc(C(=O)c3ccc(O)cc3)c12. The van der Waals surface area contributed by atoms with Crippen molar-refractivity contribution >= 4 is 22.5 Å². The first-order valence-electron chi connectivity index (χ1n) is 7.51.